The SMILES string of the molecule is C.C[C@@H](O)[C@H](NC(=O)/C=C/C=C/c1ccccc1)C(=O)NO. The maximum Gasteiger partial charge on any atom is 0.268 e. The second-order valence-corrected chi connectivity index (χ2v) is 4.33. The first-order valence-corrected chi connectivity index (χ1v) is 6.37. The molecule has 4 N–H and O–H groups in total. The molecule has 0 heterocycles. The van der Waals surface area contributed by atoms with Gasteiger partial charge in [-0.3, -0.25) is 14.8 Å². The molecule has 22 heavy (non-hydrogen) atoms. The van der Waals surface area contributed by atoms with Crippen LogP contribution in [0.2, 0.25) is 0 Å². The number of benzene rings is 1. The number of amides is 2. The van der Waals surface area contributed by atoms with E-state index < -0.39 is 24.0 Å². The van der Waals surface area contributed by atoms with Gasteiger partial charge in [0.2, 0.25) is 5.91 Å². The number of aliphatic hydroxyl groups is 1. The summed E-state index contributed by atoms with van der Waals surface area (Å²) in [6.07, 6.45) is 5.10. The highest BCUT2D eigenvalue weighted by atomic mass is 16.5. The summed E-state index contributed by atoms with van der Waals surface area (Å²) in [6, 6.07) is 8.32. The summed E-state index contributed by atoms with van der Waals surface area (Å²) in [5, 5.41) is 20.2. The average Bonchev–Trinajstić information content (AvgIpc) is 2.49. The Kier molecular flexibility index (Phi) is 9.17. The van der Waals surface area contributed by atoms with E-state index in [-0.39, 0.29) is 7.43 Å². The summed E-state index contributed by atoms with van der Waals surface area (Å²) >= 11 is 0. The lowest BCUT2D eigenvalue weighted by Crippen LogP contribution is -2.51. The van der Waals surface area contributed by atoms with Gasteiger partial charge in [-0.25, -0.2) is 5.48 Å². The quantitative estimate of drug-likeness (QED) is 0.275. The highest BCUT2D eigenvalue weighted by molar-refractivity contribution is 5.93. The van der Waals surface area contributed by atoms with E-state index in [0.29, 0.717) is 0 Å². The van der Waals surface area contributed by atoms with Crippen LogP contribution in [-0.2, 0) is 9.59 Å². The number of hydrogen-bond donors (Lipinski definition) is 4. The Morgan fingerprint density at radius 2 is 1.82 bits per heavy atom. The van der Waals surface area contributed by atoms with Gasteiger partial charge in [0.05, 0.1) is 6.10 Å². The van der Waals surface area contributed by atoms with Gasteiger partial charge in [-0.1, -0.05) is 56.0 Å². The summed E-state index contributed by atoms with van der Waals surface area (Å²) in [7, 11) is 0. The van der Waals surface area contributed by atoms with E-state index in [2.05, 4.69) is 5.32 Å². The van der Waals surface area contributed by atoms with Crippen LogP contribution >= 0.6 is 0 Å². The topological polar surface area (TPSA) is 98.7 Å². The molecule has 0 radical (unpaired) electrons. The van der Waals surface area contributed by atoms with Gasteiger partial charge in [-0.15, -0.1) is 0 Å². The van der Waals surface area contributed by atoms with Crippen LogP contribution in [0.4, 0.5) is 0 Å². The maximum absolute atomic E-state index is 11.6. The Labute approximate surface area is 130 Å². The third-order valence-corrected chi connectivity index (χ3v) is 2.62. The molecule has 6 heteroatoms. The molecule has 0 spiro atoms. The van der Waals surface area contributed by atoms with E-state index in [1.807, 2.05) is 36.4 Å². The number of carbonyl (C=O) groups is 2. The fourth-order valence-electron chi connectivity index (χ4n) is 1.55. The predicted octanol–water partition coefficient (Wildman–Crippen LogP) is 1.26. The van der Waals surface area contributed by atoms with Gasteiger partial charge in [0.15, 0.2) is 0 Å². The van der Waals surface area contributed by atoms with Crippen molar-refractivity contribution < 1.29 is 19.9 Å². The highest BCUT2D eigenvalue weighted by Crippen LogP contribution is 2.00. The molecule has 1 rings (SSSR count). The first-order chi connectivity index (χ1) is 10.0. The standard InChI is InChI=1S/C15H18N2O4.CH4/c1-11(18)14(15(20)17-21)16-13(19)10-6-5-9-12-7-3-2-4-8-12;/h2-11,14,18,21H,1H3,(H,16,19)(H,17,20);1H4/b9-5+,10-6+;/t11-,14+;/m1./s1. The largest absolute Gasteiger partial charge is 0.391 e. The number of hydrogen-bond acceptors (Lipinski definition) is 4. The molecular weight excluding hydrogens is 284 g/mol. The number of nitrogens with one attached hydrogen (secondary N) is 2. The van der Waals surface area contributed by atoms with Gasteiger partial charge >= 0.3 is 0 Å². The molecule has 0 unspecified atom stereocenters. The first-order valence-electron chi connectivity index (χ1n) is 6.37. The van der Waals surface area contributed by atoms with E-state index in [9.17, 15) is 14.7 Å². The Bertz CT molecular complexity index is 524. The number of aliphatic hydroxyl groups excluding tert-OH is 1. The Morgan fingerprint density at radius 3 is 2.36 bits per heavy atom. The van der Waals surface area contributed by atoms with Crippen molar-refractivity contribution in [2.24, 2.45) is 0 Å². The van der Waals surface area contributed by atoms with Gasteiger partial charge < -0.3 is 10.4 Å². The van der Waals surface area contributed by atoms with Crippen molar-refractivity contribution in [3.05, 3.63) is 54.1 Å². The summed E-state index contributed by atoms with van der Waals surface area (Å²) in [5.41, 5.74) is 2.38. The zero-order valence-electron chi connectivity index (χ0n) is 11.6. The van der Waals surface area contributed by atoms with Crippen molar-refractivity contribution in [1.82, 2.24) is 10.8 Å². The number of carbonyl (C=O) groups excluding carboxylic acids is 2. The average molecular weight is 306 g/mol. The molecule has 120 valence electrons. The second kappa shape index (κ2) is 10.3. The van der Waals surface area contributed by atoms with Gasteiger partial charge in [-0.05, 0) is 12.5 Å². The Morgan fingerprint density at radius 1 is 1.18 bits per heavy atom. The molecular formula is C16H22N2O4. The zero-order valence-corrected chi connectivity index (χ0v) is 11.6. The molecule has 0 aliphatic heterocycles. The Hall–Kier alpha value is -2.44. The van der Waals surface area contributed by atoms with Crippen molar-refractivity contribution in [3.8, 4) is 0 Å². The summed E-state index contributed by atoms with van der Waals surface area (Å²) in [4.78, 5) is 22.8. The Balaban J connectivity index is 0.00000441. The monoisotopic (exact) mass is 306 g/mol. The normalized spacial score (nSPS) is 13.4. The molecule has 0 aliphatic carbocycles. The number of allylic oxidation sites excluding steroid dienone is 2. The zero-order chi connectivity index (χ0) is 15.7. The lowest BCUT2D eigenvalue weighted by atomic mass is 10.1. The maximum atomic E-state index is 11.6. The van der Waals surface area contributed by atoms with Crippen molar-refractivity contribution in [2.75, 3.05) is 0 Å². The number of hydroxylamine groups is 1. The van der Waals surface area contributed by atoms with Crippen molar-refractivity contribution in [2.45, 2.75) is 26.5 Å². The second-order valence-electron chi connectivity index (χ2n) is 4.33. The van der Waals surface area contributed by atoms with Crippen molar-refractivity contribution in [1.29, 1.82) is 0 Å². The van der Waals surface area contributed by atoms with E-state index in [1.165, 1.54) is 24.6 Å². The van der Waals surface area contributed by atoms with Crippen molar-refractivity contribution in [3.63, 3.8) is 0 Å². The van der Waals surface area contributed by atoms with Crippen LogP contribution in [-0.4, -0.2) is 34.3 Å². The van der Waals surface area contributed by atoms with Crippen LogP contribution < -0.4 is 10.8 Å². The fourth-order valence-corrected chi connectivity index (χ4v) is 1.55. The van der Waals surface area contributed by atoms with Gasteiger partial charge in [0, 0.05) is 6.08 Å². The van der Waals surface area contributed by atoms with E-state index in [4.69, 9.17) is 5.21 Å². The minimum absolute atomic E-state index is 0. The molecule has 0 bridgehead atoms. The van der Waals surface area contributed by atoms with Crippen molar-refractivity contribution >= 4 is 17.9 Å². The third-order valence-electron chi connectivity index (χ3n) is 2.62. The van der Waals surface area contributed by atoms with Gasteiger partial charge in [-0.2, -0.15) is 0 Å². The molecule has 0 saturated heterocycles. The summed E-state index contributed by atoms with van der Waals surface area (Å²) in [6.45, 7) is 1.33. The minimum Gasteiger partial charge on any atom is -0.391 e. The van der Waals surface area contributed by atoms with Crippen LogP contribution in [0.25, 0.3) is 6.08 Å². The number of rotatable bonds is 6. The molecule has 1 aromatic carbocycles. The molecule has 0 fully saturated rings. The van der Waals surface area contributed by atoms with Crippen LogP contribution in [0.3, 0.4) is 0 Å². The molecule has 0 aliphatic rings. The van der Waals surface area contributed by atoms with Crippen LogP contribution in [0.5, 0.6) is 0 Å². The lowest BCUT2D eigenvalue weighted by Gasteiger charge is -2.17. The molecule has 1 aromatic rings. The lowest BCUT2D eigenvalue weighted by molar-refractivity contribution is -0.136. The highest BCUT2D eigenvalue weighted by Gasteiger charge is 2.24. The smallest absolute Gasteiger partial charge is 0.268 e. The van der Waals surface area contributed by atoms with E-state index >= 15 is 0 Å². The first kappa shape index (κ1) is 19.6. The van der Waals surface area contributed by atoms with Gasteiger partial charge in [0.1, 0.15) is 6.04 Å². The van der Waals surface area contributed by atoms with E-state index in [0.717, 1.165) is 5.56 Å². The van der Waals surface area contributed by atoms with E-state index in [1.54, 1.807) is 6.08 Å². The fraction of sp³-hybridized carbons (Fsp3) is 0.250. The molecule has 0 saturated carbocycles. The summed E-state index contributed by atoms with van der Waals surface area (Å²) < 4.78 is 0. The molecule has 2 amide bonds. The molecule has 6 nitrogen and oxygen atoms in total. The summed E-state index contributed by atoms with van der Waals surface area (Å²) in [5.74, 6) is -1.44. The van der Waals surface area contributed by atoms with Crippen LogP contribution in [0.1, 0.15) is 19.9 Å². The van der Waals surface area contributed by atoms with Crippen LogP contribution in [0.15, 0.2) is 48.6 Å². The third kappa shape index (κ3) is 6.83. The minimum atomic E-state index is -1.22. The van der Waals surface area contributed by atoms with Crippen LogP contribution in [0, 0.1) is 0 Å². The molecule has 0 aromatic heterocycles. The molecule has 2 atom stereocenters. The predicted molar refractivity (Wildman–Crippen MR) is 84.9 cm³/mol. The van der Waals surface area contributed by atoms with Gasteiger partial charge in [0.25, 0.3) is 5.91 Å².